The van der Waals surface area contributed by atoms with Gasteiger partial charge >= 0.3 is 0 Å². The van der Waals surface area contributed by atoms with Crippen LogP contribution in [0.2, 0.25) is 0 Å². The van der Waals surface area contributed by atoms with Crippen LogP contribution in [-0.2, 0) is 0 Å². The molecule has 4 nitrogen and oxygen atoms in total. The van der Waals surface area contributed by atoms with Gasteiger partial charge in [-0.1, -0.05) is 37.3 Å². The average Bonchev–Trinajstić information content (AvgIpc) is 2.65. The Bertz CT molecular complexity index is 700. The fraction of sp³-hybridized carbons (Fsp3) is 0.350. The van der Waals surface area contributed by atoms with Crippen LogP contribution >= 0.6 is 0 Å². The Morgan fingerprint density at radius 3 is 2.83 bits per heavy atom. The molecule has 126 valence electrons. The maximum absolute atomic E-state index is 12.3. The van der Waals surface area contributed by atoms with E-state index in [9.17, 15) is 4.79 Å². The van der Waals surface area contributed by atoms with Crippen molar-refractivity contribution in [3.63, 3.8) is 0 Å². The Hall–Kier alpha value is -2.33. The van der Waals surface area contributed by atoms with E-state index < -0.39 is 0 Å². The molecular weight excluding hydrogens is 300 g/mol. The Kier molecular flexibility index (Phi) is 5.16. The fourth-order valence-corrected chi connectivity index (χ4v) is 2.71. The molecule has 2 aromatic carbocycles. The second-order valence-electron chi connectivity index (χ2n) is 6.22. The van der Waals surface area contributed by atoms with Gasteiger partial charge in [-0.2, -0.15) is 0 Å². The van der Waals surface area contributed by atoms with Crippen LogP contribution in [0.3, 0.4) is 0 Å². The second-order valence-corrected chi connectivity index (χ2v) is 6.22. The normalized spacial score (nSPS) is 17.3. The van der Waals surface area contributed by atoms with Gasteiger partial charge in [0.25, 0.3) is 0 Å². The number of ketones is 1. The third kappa shape index (κ3) is 3.77. The quantitative estimate of drug-likeness (QED) is 0.794. The molecule has 1 aliphatic heterocycles. The van der Waals surface area contributed by atoms with Crippen molar-refractivity contribution in [1.82, 2.24) is 5.32 Å². The SMILES string of the molecule is CCC(C)NCC(=O)c1ccc2c(c1)NCC(c1ccccc1)O2. The van der Waals surface area contributed by atoms with Gasteiger partial charge in [0.05, 0.1) is 18.8 Å². The van der Waals surface area contributed by atoms with Gasteiger partial charge in [-0.25, -0.2) is 0 Å². The van der Waals surface area contributed by atoms with E-state index in [0.717, 1.165) is 23.4 Å². The third-order valence-electron chi connectivity index (χ3n) is 4.44. The van der Waals surface area contributed by atoms with Crippen LogP contribution in [0.5, 0.6) is 5.75 Å². The number of nitrogens with one attached hydrogen (secondary N) is 2. The summed E-state index contributed by atoms with van der Waals surface area (Å²) in [6.07, 6.45) is 1.00. The summed E-state index contributed by atoms with van der Waals surface area (Å²) in [5, 5.41) is 6.62. The largest absolute Gasteiger partial charge is 0.482 e. The number of ether oxygens (including phenoxy) is 1. The van der Waals surface area contributed by atoms with Crippen molar-refractivity contribution in [2.75, 3.05) is 18.4 Å². The zero-order chi connectivity index (χ0) is 16.9. The van der Waals surface area contributed by atoms with E-state index in [1.54, 1.807) is 0 Å². The summed E-state index contributed by atoms with van der Waals surface area (Å²) < 4.78 is 6.08. The van der Waals surface area contributed by atoms with Crippen molar-refractivity contribution in [3.8, 4) is 5.75 Å². The summed E-state index contributed by atoms with van der Waals surface area (Å²) in [5.41, 5.74) is 2.74. The Labute approximate surface area is 143 Å². The monoisotopic (exact) mass is 324 g/mol. The van der Waals surface area contributed by atoms with E-state index in [2.05, 4.69) is 36.6 Å². The van der Waals surface area contributed by atoms with Crippen molar-refractivity contribution in [2.24, 2.45) is 0 Å². The van der Waals surface area contributed by atoms with Crippen molar-refractivity contribution >= 4 is 11.5 Å². The van der Waals surface area contributed by atoms with Crippen molar-refractivity contribution in [3.05, 3.63) is 59.7 Å². The first-order chi connectivity index (χ1) is 11.7. The van der Waals surface area contributed by atoms with Gasteiger partial charge in [0.2, 0.25) is 0 Å². The average molecular weight is 324 g/mol. The van der Waals surface area contributed by atoms with Crippen LogP contribution in [0, 0.1) is 0 Å². The molecule has 2 aromatic rings. The van der Waals surface area contributed by atoms with Crippen LogP contribution < -0.4 is 15.4 Å². The van der Waals surface area contributed by atoms with Gasteiger partial charge in [-0.05, 0) is 37.1 Å². The molecule has 0 bridgehead atoms. The zero-order valence-electron chi connectivity index (χ0n) is 14.2. The Balaban J connectivity index is 1.68. The van der Waals surface area contributed by atoms with Gasteiger partial charge in [0, 0.05) is 11.6 Å². The van der Waals surface area contributed by atoms with E-state index in [4.69, 9.17) is 4.74 Å². The number of anilines is 1. The lowest BCUT2D eigenvalue weighted by atomic mass is 10.1. The number of carbonyl (C=O) groups excluding carboxylic acids is 1. The van der Waals surface area contributed by atoms with Gasteiger partial charge in [0.15, 0.2) is 5.78 Å². The molecule has 2 unspecified atom stereocenters. The second kappa shape index (κ2) is 7.49. The zero-order valence-corrected chi connectivity index (χ0v) is 14.2. The lowest BCUT2D eigenvalue weighted by Crippen LogP contribution is -2.31. The number of hydrogen-bond acceptors (Lipinski definition) is 4. The molecule has 0 radical (unpaired) electrons. The standard InChI is InChI=1S/C20H24N2O2/c1-3-14(2)21-12-18(23)16-9-10-19-17(11-16)22-13-20(24-19)15-7-5-4-6-8-15/h4-11,14,20-22H,3,12-13H2,1-2H3. The van der Waals surface area contributed by atoms with Crippen LogP contribution in [-0.4, -0.2) is 24.9 Å². The van der Waals surface area contributed by atoms with Gasteiger partial charge < -0.3 is 15.4 Å². The molecule has 0 spiro atoms. The van der Waals surface area contributed by atoms with E-state index in [-0.39, 0.29) is 11.9 Å². The highest BCUT2D eigenvalue weighted by atomic mass is 16.5. The number of Topliss-reactive ketones (excluding diaryl/α,β-unsaturated/α-hetero) is 1. The summed E-state index contributed by atoms with van der Waals surface area (Å²) >= 11 is 0. The molecule has 0 saturated heterocycles. The first kappa shape index (κ1) is 16.5. The molecule has 1 aliphatic rings. The molecule has 4 heteroatoms. The van der Waals surface area contributed by atoms with Crippen molar-refractivity contribution < 1.29 is 9.53 Å². The van der Waals surface area contributed by atoms with Crippen LogP contribution in [0.4, 0.5) is 5.69 Å². The lowest BCUT2D eigenvalue weighted by Gasteiger charge is -2.28. The summed E-state index contributed by atoms with van der Waals surface area (Å²) in [6, 6.07) is 16.1. The lowest BCUT2D eigenvalue weighted by molar-refractivity contribution is 0.0987. The molecule has 0 fully saturated rings. The summed E-state index contributed by atoms with van der Waals surface area (Å²) in [5.74, 6) is 0.895. The fourth-order valence-electron chi connectivity index (χ4n) is 2.71. The van der Waals surface area contributed by atoms with Crippen LogP contribution in [0.25, 0.3) is 0 Å². The predicted octanol–water partition coefficient (Wildman–Crippen LogP) is 3.80. The molecule has 0 aromatic heterocycles. The van der Waals surface area contributed by atoms with E-state index >= 15 is 0 Å². The van der Waals surface area contributed by atoms with Gasteiger partial charge in [0.1, 0.15) is 11.9 Å². The first-order valence-corrected chi connectivity index (χ1v) is 8.53. The number of rotatable bonds is 6. The van der Waals surface area contributed by atoms with E-state index in [0.29, 0.717) is 24.7 Å². The number of fused-ring (bicyclic) bond motifs is 1. The molecular formula is C20H24N2O2. The topological polar surface area (TPSA) is 50.4 Å². The minimum Gasteiger partial charge on any atom is -0.482 e. The molecule has 1 heterocycles. The number of benzene rings is 2. The highest BCUT2D eigenvalue weighted by Gasteiger charge is 2.21. The summed E-state index contributed by atoms with van der Waals surface area (Å²) in [4.78, 5) is 12.3. The van der Waals surface area contributed by atoms with E-state index in [1.807, 2.05) is 36.4 Å². The maximum Gasteiger partial charge on any atom is 0.176 e. The summed E-state index contributed by atoms with van der Waals surface area (Å²) in [6.45, 7) is 5.24. The third-order valence-corrected chi connectivity index (χ3v) is 4.44. The minimum atomic E-state index is -0.00711. The molecule has 0 saturated carbocycles. The molecule has 2 atom stereocenters. The van der Waals surface area contributed by atoms with Crippen molar-refractivity contribution in [1.29, 1.82) is 0 Å². The predicted molar refractivity (Wildman–Crippen MR) is 96.8 cm³/mol. The Morgan fingerprint density at radius 1 is 1.29 bits per heavy atom. The van der Waals surface area contributed by atoms with Crippen LogP contribution in [0.15, 0.2) is 48.5 Å². The smallest absolute Gasteiger partial charge is 0.176 e. The van der Waals surface area contributed by atoms with Gasteiger partial charge in [-0.3, -0.25) is 4.79 Å². The number of carbonyl (C=O) groups is 1. The molecule has 0 aliphatic carbocycles. The molecule has 2 N–H and O–H groups in total. The molecule has 0 amide bonds. The van der Waals surface area contributed by atoms with Crippen molar-refractivity contribution in [2.45, 2.75) is 32.4 Å². The minimum absolute atomic E-state index is 0.00711. The number of hydrogen-bond donors (Lipinski definition) is 2. The first-order valence-electron chi connectivity index (χ1n) is 8.53. The van der Waals surface area contributed by atoms with E-state index in [1.165, 1.54) is 0 Å². The van der Waals surface area contributed by atoms with Gasteiger partial charge in [-0.15, -0.1) is 0 Å². The van der Waals surface area contributed by atoms with Crippen LogP contribution in [0.1, 0.15) is 42.3 Å². The molecule has 24 heavy (non-hydrogen) atoms. The summed E-state index contributed by atoms with van der Waals surface area (Å²) in [7, 11) is 0. The maximum atomic E-state index is 12.3. The highest BCUT2D eigenvalue weighted by molar-refractivity contribution is 5.98. The highest BCUT2D eigenvalue weighted by Crippen LogP contribution is 2.34. The molecule has 3 rings (SSSR count). The Morgan fingerprint density at radius 2 is 2.08 bits per heavy atom.